The third kappa shape index (κ3) is 4.95. The Hall–Kier alpha value is -4.08. The molecule has 34 heavy (non-hydrogen) atoms. The number of nitrogens with one attached hydrogen (secondary N) is 2. The van der Waals surface area contributed by atoms with Gasteiger partial charge in [0, 0.05) is 39.4 Å². The average Bonchev–Trinajstić information content (AvgIpc) is 3.44. The SMILES string of the molecule is CCc1nc2ccc(C(=O)NCCN3CCNC3=O)cn2c1N(C)C(=O)COc1ccccc1. The van der Waals surface area contributed by atoms with Crippen LogP contribution in [-0.4, -0.2) is 72.0 Å². The maximum atomic E-state index is 12.9. The van der Waals surface area contributed by atoms with Crippen molar-refractivity contribution in [2.75, 3.05) is 44.7 Å². The second kappa shape index (κ2) is 10.2. The van der Waals surface area contributed by atoms with Crippen molar-refractivity contribution < 1.29 is 19.1 Å². The molecule has 0 bridgehead atoms. The molecule has 0 spiro atoms. The fraction of sp³-hybridized carbons (Fsp3) is 0.333. The predicted molar refractivity (Wildman–Crippen MR) is 127 cm³/mol. The summed E-state index contributed by atoms with van der Waals surface area (Å²) in [6.07, 6.45) is 2.30. The Labute approximate surface area is 197 Å². The van der Waals surface area contributed by atoms with Crippen LogP contribution in [0.1, 0.15) is 23.0 Å². The molecule has 1 fully saturated rings. The molecule has 0 atom stereocenters. The molecule has 3 aromatic rings. The number of urea groups is 1. The van der Waals surface area contributed by atoms with E-state index in [1.54, 1.807) is 46.8 Å². The van der Waals surface area contributed by atoms with Crippen LogP contribution in [0.4, 0.5) is 10.6 Å². The number of pyridine rings is 1. The van der Waals surface area contributed by atoms with Crippen molar-refractivity contribution in [3.05, 3.63) is 59.9 Å². The standard InChI is InChI=1S/C24H28N6O4/c1-3-19-23(28(2)21(31)16-34-18-7-5-4-6-8-18)30-15-17(9-10-20(30)27-19)22(32)25-11-13-29-14-12-26-24(29)33/h4-10,15H,3,11-14,16H2,1-2H3,(H,25,32)(H,26,33). The van der Waals surface area contributed by atoms with Gasteiger partial charge in [-0.05, 0) is 30.7 Å². The number of nitrogens with zero attached hydrogens (tertiary/aromatic N) is 4. The normalized spacial score (nSPS) is 13.1. The Kier molecular flexibility index (Phi) is 6.95. The minimum Gasteiger partial charge on any atom is -0.484 e. The molecule has 1 saturated heterocycles. The minimum absolute atomic E-state index is 0.116. The average molecular weight is 465 g/mol. The zero-order valence-electron chi connectivity index (χ0n) is 19.3. The highest BCUT2D eigenvalue weighted by atomic mass is 16.5. The van der Waals surface area contributed by atoms with Gasteiger partial charge in [-0.3, -0.25) is 18.9 Å². The molecule has 10 heteroatoms. The summed E-state index contributed by atoms with van der Waals surface area (Å²) in [6.45, 7) is 3.88. The highest BCUT2D eigenvalue weighted by molar-refractivity contribution is 5.96. The van der Waals surface area contributed by atoms with Crippen molar-refractivity contribution in [2.24, 2.45) is 0 Å². The summed E-state index contributed by atoms with van der Waals surface area (Å²) in [5.74, 6) is 0.714. The Balaban J connectivity index is 1.48. The molecule has 2 aromatic heterocycles. The number of imidazole rings is 1. The lowest BCUT2D eigenvalue weighted by Gasteiger charge is -2.19. The highest BCUT2D eigenvalue weighted by Crippen LogP contribution is 2.23. The van der Waals surface area contributed by atoms with E-state index in [1.807, 2.05) is 25.1 Å². The van der Waals surface area contributed by atoms with Crippen molar-refractivity contribution in [3.63, 3.8) is 0 Å². The van der Waals surface area contributed by atoms with Gasteiger partial charge < -0.3 is 20.3 Å². The lowest BCUT2D eigenvalue weighted by Crippen LogP contribution is -2.36. The van der Waals surface area contributed by atoms with Gasteiger partial charge in [-0.15, -0.1) is 0 Å². The summed E-state index contributed by atoms with van der Waals surface area (Å²) in [5, 5.41) is 5.58. The van der Waals surface area contributed by atoms with Crippen LogP contribution in [0.5, 0.6) is 5.75 Å². The van der Waals surface area contributed by atoms with E-state index in [1.165, 1.54) is 4.90 Å². The fourth-order valence-electron chi connectivity index (χ4n) is 3.82. The maximum Gasteiger partial charge on any atom is 0.317 e. The van der Waals surface area contributed by atoms with Crippen LogP contribution >= 0.6 is 0 Å². The van der Waals surface area contributed by atoms with E-state index in [0.717, 1.165) is 5.69 Å². The lowest BCUT2D eigenvalue weighted by molar-refractivity contribution is -0.120. The Morgan fingerprint density at radius 2 is 2.00 bits per heavy atom. The van der Waals surface area contributed by atoms with E-state index in [9.17, 15) is 14.4 Å². The highest BCUT2D eigenvalue weighted by Gasteiger charge is 2.22. The number of aryl methyl sites for hydroxylation is 1. The molecular weight excluding hydrogens is 436 g/mol. The largest absolute Gasteiger partial charge is 0.484 e. The van der Waals surface area contributed by atoms with Gasteiger partial charge in [-0.1, -0.05) is 25.1 Å². The van der Waals surface area contributed by atoms with E-state index in [4.69, 9.17) is 4.74 Å². The first-order chi connectivity index (χ1) is 16.5. The monoisotopic (exact) mass is 464 g/mol. The Morgan fingerprint density at radius 1 is 1.21 bits per heavy atom. The molecule has 10 nitrogen and oxygen atoms in total. The third-order valence-corrected chi connectivity index (χ3v) is 5.67. The number of amides is 4. The zero-order valence-corrected chi connectivity index (χ0v) is 19.3. The number of hydrogen-bond donors (Lipinski definition) is 2. The number of hydrogen-bond acceptors (Lipinski definition) is 5. The number of anilines is 1. The van der Waals surface area contributed by atoms with Gasteiger partial charge in [0.2, 0.25) is 0 Å². The molecule has 1 aliphatic rings. The molecule has 4 rings (SSSR count). The summed E-state index contributed by atoms with van der Waals surface area (Å²) in [6, 6.07) is 12.5. The summed E-state index contributed by atoms with van der Waals surface area (Å²) in [5.41, 5.74) is 1.81. The van der Waals surface area contributed by atoms with Crippen LogP contribution in [0.25, 0.3) is 5.65 Å². The van der Waals surface area contributed by atoms with Crippen molar-refractivity contribution in [1.29, 1.82) is 0 Å². The lowest BCUT2D eigenvalue weighted by atomic mass is 10.2. The molecule has 178 valence electrons. The van der Waals surface area contributed by atoms with E-state index in [2.05, 4.69) is 15.6 Å². The minimum atomic E-state index is -0.263. The molecule has 0 unspecified atom stereocenters. The molecule has 0 radical (unpaired) electrons. The Bertz CT molecular complexity index is 1190. The number of aromatic nitrogens is 2. The van der Waals surface area contributed by atoms with Crippen LogP contribution < -0.4 is 20.3 Å². The molecule has 1 aliphatic heterocycles. The first-order valence-corrected chi connectivity index (χ1v) is 11.2. The van der Waals surface area contributed by atoms with Crippen LogP contribution in [0, 0.1) is 0 Å². The van der Waals surface area contributed by atoms with Crippen LogP contribution in [0.3, 0.4) is 0 Å². The summed E-state index contributed by atoms with van der Waals surface area (Å²) in [4.78, 5) is 45.0. The smallest absolute Gasteiger partial charge is 0.317 e. The first-order valence-electron chi connectivity index (χ1n) is 11.2. The molecule has 0 aliphatic carbocycles. The van der Waals surface area contributed by atoms with E-state index in [0.29, 0.717) is 55.4 Å². The van der Waals surface area contributed by atoms with Gasteiger partial charge in [0.05, 0.1) is 11.3 Å². The molecular formula is C24H28N6O4. The summed E-state index contributed by atoms with van der Waals surface area (Å²) >= 11 is 0. The summed E-state index contributed by atoms with van der Waals surface area (Å²) < 4.78 is 7.36. The molecule has 0 saturated carbocycles. The van der Waals surface area contributed by atoms with Gasteiger partial charge in [0.15, 0.2) is 6.61 Å². The number of para-hydroxylation sites is 1. The van der Waals surface area contributed by atoms with E-state index >= 15 is 0 Å². The zero-order chi connectivity index (χ0) is 24.1. The summed E-state index contributed by atoms with van der Waals surface area (Å²) in [7, 11) is 1.67. The molecule has 2 N–H and O–H groups in total. The number of carbonyl (C=O) groups is 3. The van der Waals surface area contributed by atoms with Gasteiger partial charge in [-0.25, -0.2) is 9.78 Å². The number of fused-ring (bicyclic) bond motifs is 1. The number of rotatable bonds is 9. The van der Waals surface area contributed by atoms with E-state index in [-0.39, 0.29) is 24.5 Å². The van der Waals surface area contributed by atoms with Crippen molar-refractivity contribution >= 4 is 29.3 Å². The predicted octanol–water partition coefficient (Wildman–Crippen LogP) is 1.69. The van der Waals surface area contributed by atoms with Gasteiger partial charge >= 0.3 is 6.03 Å². The fourth-order valence-corrected chi connectivity index (χ4v) is 3.82. The quantitative estimate of drug-likeness (QED) is 0.501. The second-order valence-corrected chi connectivity index (χ2v) is 7.91. The van der Waals surface area contributed by atoms with Crippen molar-refractivity contribution in [2.45, 2.75) is 13.3 Å². The second-order valence-electron chi connectivity index (χ2n) is 7.91. The molecule has 1 aromatic carbocycles. The van der Waals surface area contributed by atoms with Gasteiger partial charge in [0.1, 0.15) is 17.2 Å². The van der Waals surface area contributed by atoms with Crippen molar-refractivity contribution in [3.8, 4) is 5.75 Å². The van der Waals surface area contributed by atoms with Gasteiger partial charge in [0.25, 0.3) is 11.8 Å². The number of benzene rings is 1. The van der Waals surface area contributed by atoms with E-state index < -0.39 is 0 Å². The molecule has 4 amide bonds. The maximum absolute atomic E-state index is 12.9. The third-order valence-electron chi connectivity index (χ3n) is 5.67. The number of carbonyl (C=O) groups excluding carboxylic acids is 3. The van der Waals surface area contributed by atoms with Gasteiger partial charge in [-0.2, -0.15) is 0 Å². The topological polar surface area (TPSA) is 108 Å². The number of likely N-dealkylation sites (N-methyl/N-ethyl adjacent to an activating group) is 1. The van der Waals surface area contributed by atoms with Crippen LogP contribution in [-0.2, 0) is 11.2 Å². The van der Waals surface area contributed by atoms with Crippen LogP contribution in [0.2, 0.25) is 0 Å². The number of ether oxygens (including phenoxy) is 1. The van der Waals surface area contributed by atoms with Crippen LogP contribution in [0.15, 0.2) is 48.7 Å². The molecule has 3 heterocycles. The Morgan fingerprint density at radius 3 is 2.71 bits per heavy atom. The van der Waals surface area contributed by atoms with Crippen molar-refractivity contribution in [1.82, 2.24) is 24.9 Å². The first kappa shape index (κ1) is 23.1.